The van der Waals surface area contributed by atoms with Gasteiger partial charge >= 0.3 is 0 Å². The number of hydrogen-bond acceptors (Lipinski definition) is 5. The molecule has 0 radical (unpaired) electrons. The molecule has 0 unspecified atom stereocenters. The number of hydrogen-bond donors (Lipinski definition) is 1. The molecule has 1 N–H and O–H groups in total. The number of carbonyl (C=O) groups excluding carboxylic acids is 1. The zero-order valence-electron chi connectivity index (χ0n) is 13.3. The lowest BCUT2D eigenvalue weighted by atomic mass is 10.2. The van der Waals surface area contributed by atoms with Crippen LogP contribution in [-0.2, 0) is 4.79 Å². The van der Waals surface area contributed by atoms with Gasteiger partial charge in [-0.2, -0.15) is 0 Å². The molecule has 2 aromatic heterocycles. The van der Waals surface area contributed by atoms with E-state index in [1.807, 2.05) is 0 Å². The van der Waals surface area contributed by atoms with E-state index in [0.717, 1.165) is 25.0 Å². The first-order chi connectivity index (χ1) is 12.0. The number of anilines is 3. The summed E-state index contributed by atoms with van der Waals surface area (Å²) in [5.74, 6) is -1.12. The SMILES string of the molecule is CN(c1ccc(F)c(F)c1)c1ccc2nc(NC(=O)C3CC3)sc2n1. The normalized spacial score (nSPS) is 13.9. The van der Waals surface area contributed by atoms with Gasteiger partial charge in [0, 0.05) is 24.7 Å². The molecule has 1 aromatic carbocycles. The maximum Gasteiger partial charge on any atom is 0.229 e. The second kappa shape index (κ2) is 6.03. The van der Waals surface area contributed by atoms with Gasteiger partial charge in [0.05, 0.1) is 0 Å². The number of halogens is 2. The van der Waals surface area contributed by atoms with Gasteiger partial charge in [0.2, 0.25) is 5.91 Å². The number of fused-ring (bicyclic) bond motifs is 1. The largest absolute Gasteiger partial charge is 0.329 e. The van der Waals surface area contributed by atoms with E-state index >= 15 is 0 Å². The average Bonchev–Trinajstić information content (AvgIpc) is 3.37. The van der Waals surface area contributed by atoms with Gasteiger partial charge in [-0.05, 0) is 37.1 Å². The number of rotatable bonds is 4. The Hall–Kier alpha value is -2.61. The van der Waals surface area contributed by atoms with Crippen LogP contribution in [0.5, 0.6) is 0 Å². The van der Waals surface area contributed by atoms with E-state index in [4.69, 9.17) is 0 Å². The molecule has 1 saturated carbocycles. The van der Waals surface area contributed by atoms with Crippen molar-refractivity contribution in [2.45, 2.75) is 12.8 Å². The highest BCUT2D eigenvalue weighted by Crippen LogP contribution is 2.33. The van der Waals surface area contributed by atoms with Gasteiger partial charge in [0.15, 0.2) is 16.8 Å². The average molecular weight is 360 g/mol. The zero-order valence-corrected chi connectivity index (χ0v) is 14.1. The van der Waals surface area contributed by atoms with Crippen molar-refractivity contribution < 1.29 is 13.6 Å². The van der Waals surface area contributed by atoms with Crippen LogP contribution < -0.4 is 10.2 Å². The van der Waals surface area contributed by atoms with Crippen LogP contribution in [0.4, 0.5) is 25.4 Å². The second-order valence-electron chi connectivity index (χ2n) is 5.93. The third-order valence-electron chi connectivity index (χ3n) is 4.05. The fourth-order valence-corrected chi connectivity index (χ4v) is 3.26. The molecular formula is C17H14F2N4OS. The standard InChI is InChI=1S/C17H14F2N4OS/c1-23(10-4-5-11(18)12(19)8-10)14-7-6-13-16(21-14)25-17(20-13)22-15(24)9-2-3-9/h4-9H,2-3H2,1H3,(H,20,22,24). The van der Waals surface area contributed by atoms with Crippen LogP contribution >= 0.6 is 11.3 Å². The Balaban J connectivity index is 1.61. The van der Waals surface area contributed by atoms with Gasteiger partial charge in [-0.15, -0.1) is 0 Å². The van der Waals surface area contributed by atoms with Crippen molar-refractivity contribution in [3.63, 3.8) is 0 Å². The predicted octanol–water partition coefficient (Wildman–Crippen LogP) is 4.09. The highest BCUT2D eigenvalue weighted by molar-refractivity contribution is 7.22. The van der Waals surface area contributed by atoms with E-state index in [1.54, 1.807) is 24.1 Å². The van der Waals surface area contributed by atoms with Gasteiger partial charge in [0.1, 0.15) is 16.2 Å². The highest BCUT2D eigenvalue weighted by atomic mass is 32.1. The molecule has 0 aliphatic heterocycles. The molecule has 1 fully saturated rings. The zero-order chi connectivity index (χ0) is 17.6. The van der Waals surface area contributed by atoms with E-state index in [-0.39, 0.29) is 11.8 Å². The van der Waals surface area contributed by atoms with Gasteiger partial charge in [0.25, 0.3) is 0 Å². The van der Waals surface area contributed by atoms with Crippen molar-refractivity contribution in [1.29, 1.82) is 0 Å². The van der Waals surface area contributed by atoms with Crippen molar-refractivity contribution in [3.8, 4) is 0 Å². The summed E-state index contributed by atoms with van der Waals surface area (Å²) >= 11 is 1.29. The summed E-state index contributed by atoms with van der Waals surface area (Å²) in [4.78, 5) is 23.0. The van der Waals surface area contributed by atoms with Crippen molar-refractivity contribution in [3.05, 3.63) is 42.0 Å². The molecule has 0 spiro atoms. The third kappa shape index (κ3) is 3.17. The summed E-state index contributed by atoms with van der Waals surface area (Å²) < 4.78 is 26.5. The number of amides is 1. The molecule has 0 bridgehead atoms. The first-order valence-electron chi connectivity index (χ1n) is 7.78. The Kier molecular flexibility index (Phi) is 3.84. The molecular weight excluding hydrogens is 346 g/mol. The minimum atomic E-state index is -0.909. The van der Waals surface area contributed by atoms with Crippen LogP contribution in [-0.4, -0.2) is 22.9 Å². The minimum absolute atomic E-state index is 0.00168. The van der Waals surface area contributed by atoms with E-state index in [1.165, 1.54) is 17.4 Å². The number of nitrogens with one attached hydrogen (secondary N) is 1. The molecule has 0 atom stereocenters. The Morgan fingerprint density at radius 1 is 1.20 bits per heavy atom. The molecule has 25 heavy (non-hydrogen) atoms. The molecule has 3 aromatic rings. The minimum Gasteiger partial charge on any atom is -0.329 e. The predicted molar refractivity (Wildman–Crippen MR) is 93.2 cm³/mol. The van der Waals surface area contributed by atoms with Gasteiger partial charge < -0.3 is 10.2 Å². The second-order valence-corrected chi connectivity index (χ2v) is 6.91. The number of nitrogens with zero attached hydrogens (tertiary/aromatic N) is 3. The maximum absolute atomic E-state index is 13.4. The summed E-state index contributed by atoms with van der Waals surface area (Å²) in [7, 11) is 1.72. The number of aromatic nitrogens is 2. The van der Waals surface area contributed by atoms with Crippen molar-refractivity contribution in [2.24, 2.45) is 5.92 Å². The lowest BCUT2D eigenvalue weighted by Crippen LogP contribution is -2.12. The molecule has 1 amide bonds. The molecule has 0 saturated heterocycles. The van der Waals surface area contributed by atoms with Crippen LogP contribution in [0.15, 0.2) is 30.3 Å². The van der Waals surface area contributed by atoms with Crippen LogP contribution in [0, 0.1) is 17.6 Å². The third-order valence-corrected chi connectivity index (χ3v) is 4.93. The van der Waals surface area contributed by atoms with Crippen LogP contribution in [0.25, 0.3) is 10.3 Å². The Morgan fingerprint density at radius 3 is 2.72 bits per heavy atom. The van der Waals surface area contributed by atoms with E-state index < -0.39 is 11.6 Å². The smallest absolute Gasteiger partial charge is 0.229 e. The fourth-order valence-electron chi connectivity index (χ4n) is 2.43. The van der Waals surface area contributed by atoms with Crippen LogP contribution in [0.1, 0.15) is 12.8 Å². The number of thiazole rings is 1. The summed E-state index contributed by atoms with van der Waals surface area (Å²) in [5.41, 5.74) is 1.16. The van der Waals surface area contributed by atoms with Crippen molar-refractivity contribution in [2.75, 3.05) is 17.3 Å². The van der Waals surface area contributed by atoms with Crippen LogP contribution in [0.3, 0.4) is 0 Å². The van der Waals surface area contributed by atoms with Crippen molar-refractivity contribution >= 4 is 44.2 Å². The molecule has 2 heterocycles. The number of carbonyl (C=O) groups is 1. The van der Waals surface area contributed by atoms with Gasteiger partial charge in [-0.3, -0.25) is 4.79 Å². The van der Waals surface area contributed by atoms with E-state index in [0.29, 0.717) is 27.0 Å². The number of benzene rings is 1. The van der Waals surface area contributed by atoms with Crippen molar-refractivity contribution in [1.82, 2.24) is 9.97 Å². The summed E-state index contributed by atoms with van der Waals surface area (Å²) in [6.07, 6.45) is 1.86. The Morgan fingerprint density at radius 2 is 2.00 bits per heavy atom. The fraction of sp³-hybridized carbons (Fsp3) is 0.235. The molecule has 1 aliphatic rings. The summed E-state index contributed by atoms with van der Waals surface area (Å²) in [5, 5.41) is 3.33. The maximum atomic E-state index is 13.4. The van der Waals surface area contributed by atoms with E-state index in [9.17, 15) is 13.6 Å². The monoisotopic (exact) mass is 360 g/mol. The summed E-state index contributed by atoms with van der Waals surface area (Å²) in [6.45, 7) is 0. The van der Waals surface area contributed by atoms with Gasteiger partial charge in [-0.1, -0.05) is 11.3 Å². The molecule has 5 nitrogen and oxygen atoms in total. The highest BCUT2D eigenvalue weighted by Gasteiger charge is 2.30. The van der Waals surface area contributed by atoms with E-state index in [2.05, 4.69) is 15.3 Å². The lowest BCUT2D eigenvalue weighted by Gasteiger charge is -2.18. The Bertz CT molecular complexity index is 970. The first-order valence-corrected chi connectivity index (χ1v) is 8.60. The quantitative estimate of drug-likeness (QED) is 0.761. The lowest BCUT2D eigenvalue weighted by molar-refractivity contribution is -0.117. The molecule has 1 aliphatic carbocycles. The number of pyridine rings is 1. The van der Waals surface area contributed by atoms with Gasteiger partial charge in [-0.25, -0.2) is 18.7 Å². The summed E-state index contributed by atoms with van der Waals surface area (Å²) in [6, 6.07) is 7.22. The molecule has 128 valence electrons. The Labute approximate surface area is 146 Å². The van der Waals surface area contributed by atoms with Crippen LogP contribution in [0.2, 0.25) is 0 Å². The first kappa shape index (κ1) is 15.9. The topological polar surface area (TPSA) is 58.1 Å². The molecule has 8 heteroatoms. The molecule has 4 rings (SSSR count).